The van der Waals surface area contributed by atoms with Gasteiger partial charge in [0.2, 0.25) is 0 Å². The van der Waals surface area contributed by atoms with E-state index in [9.17, 15) is 24.6 Å². The van der Waals surface area contributed by atoms with Gasteiger partial charge in [-0.05, 0) is 30.6 Å². The van der Waals surface area contributed by atoms with Gasteiger partial charge in [0.15, 0.2) is 14.1 Å². The third kappa shape index (κ3) is 7.91. The molecule has 3 amide bonds. The molecule has 0 saturated carbocycles. The summed E-state index contributed by atoms with van der Waals surface area (Å²) in [5, 5.41) is 24.3. The summed E-state index contributed by atoms with van der Waals surface area (Å²) >= 11 is 0. The van der Waals surface area contributed by atoms with Crippen molar-refractivity contribution in [1.82, 2.24) is 15.5 Å². The Kier molecular flexibility index (Phi) is 10.7. The lowest BCUT2D eigenvalue weighted by Gasteiger charge is -2.48. The SMILES string of the molecule is C[C@H](O[Si](C)(C)C(C)(C)C)[C@@](NC(=O)N(C)C)(C(=O)CCO)[C@@H](C=Cc1ccccc1)NC(=O)O. The maximum Gasteiger partial charge on any atom is 0.405 e. The van der Waals surface area contributed by atoms with Crippen molar-refractivity contribution in [1.29, 1.82) is 0 Å². The van der Waals surface area contributed by atoms with E-state index in [1.54, 1.807) is 19.1 Å². The number of nitrogens with one attached hydrogen (secondary N) is 2. The van der Waals surface area contributed by atoms with Crippen LogP contribution in [0, 0.1) is 0 Å². The molecule has 0 radical (unpaired) electrons. The Balaban J connectivity index is 3.80. The van der Waals surface area contributed by atoms with Crippen LogP contribution in [0.15, 0.2) is 36.4 Å². The van der Waals surface area contributed by atoms with Crippen LogP contribution in [0.1, 0.15) is 39.7 Å². The van der Waals surface area contributed by atoms with Crippen LogP contribution < -0.4 is 10.6 Å². The normalized spacial score (nSPS) is 15.7. The van der Waals surface area contributed by atoms with Crippen LogP contribution in [-0.2, 0) is 9.22 Å². The molecule has 1 aromatic rings. The van der Waals surface area contributed by atoms with Gasteiger partial charge in [-0.25, -0.2) is 9.59 Å². The molecule has 0 aliphatic heterocycles. The van der Waals surface area contributed by atoms with Gasteiger partial charge in [0.1, 0.15) is 5.54 Å². The van der Waals surface area contributed by atoms with E-state index in [0.717, 1.165) is 5.56 Å². The number of aliphatic hydroxyl groups excluding tert-OH is 1. The van der Waals surface area contributed by atoms with Gasteiger partial charge in [-0.2, -0.15) is 0 Å². The van der Waals surface area contributed by atoms with Crippen molar-refractivity contribution in [3.05, 3.63) is 42.0 Å². The number of ketones is 1. The number of nitrogens with zero attached hydrogens (tertiary/aromatic N) is 1. The predicted octanol–water partition coefficient (Wildman–Crippen LogP) is 3.71. The fraction of sp³-hybridized carbons (Fsp3) is 0.560. The number of benzene rings is 1. The molecule has 0 fully saturated rings. The first kappa shape index (κ1) is 30.3. The minimum absolute atomic E-state index is 0.214. The zero-order chi connectivity index (χ0) is 27.0. The molecule has 196 valence electrons. The Labute approximate surface area is 209 Å². The lowest BCUT2D eigenvalue weighted by molar-refractivity contribution is -0.130. The van der Waals surface area contributed by atoms with E-state index in [4.69, 9.17) is 4.43 Å². The highest BCUT2D eigenvalue weighted by atomic mass is 28.4. The van der Waals surface area contributed by atoms with Crippen LogP contribution in [0.5, 0.6) is 0 Å². The summed E-state index contributed by atoms with van der Waals surface area (Å²) in [5.41, 5.74) is -1.05. The molecule has 0 aromatic heterocycles. The summed E-state index contributed by atoms with van der Waals surface area (Å²) in [6.45, 7) is 11.4. The third-order valence-corrected chi connectivity index (χ3v) is 11.0. The summed E-state index contributed by atoms with van der Waals surface area (Å²) < 4.78 is 6.57. The van der Waals surface area contributed by atoms with Gasteiger partial charge < -0.3 is 30.2 Å². The largest absolute Gasteiger partial charge is 0.465 e. The summed E-state index contributed by atoms with van der Waals surface area (Å²) in [6, 6.07) is 7.40. The average molecular weight is 508 g/mol. The zero-order valence-electron chi connectivity index (χ0n) is 22.1. The van der Waals surface area contributed by atoms with E-state index in [0.29, 0.717) is 0 Å². The van der Waals surface area contributed by atoms with E-state index >= 15 is 0 Å². The third-order valence-electron chi connectivity index (χ3n) is 6.49. The van der Waals surface area contributed by atoms with Crippen LogP contribution in [0.25, 0.3) is 6.08 Å². The van der Waals surface area contributed by atoms with Gasteiger partial charge in [-0.1, -0.05) is 63.3 Å². The highest BCUT2D eigenvalue weighted by Gasteiger charge is 2.54. The lowest BCUT2D eigenvalue weighted by atomic mass is 9.79. The molecule has 0 aliphatic carbocycles. The summed E-state index contributed by atoms with van der Waals surface area (Å²) in [6.07, 6.45) is 0.634. The standard InChI is InChI=1S/C25H41N3O6Si/c1-18(34-35(7,8)24(2,3)4)25(21(30)16-17-29,27-22(31)28(5)6)20(26-23(32)33)15-14-19-12-10-9-11-13-19/h9-15,18,20,26,29H,16-17H2,1-8H3,(H,27,31)(H,32,33)/t18-,20+,25-/m0/s1. The molecule has 0 aliphatic rings. The van der Waals surface area contributed by atoms with Crippen molar-refractivity contribution < 1.29 is 29.0 Å². The van der Waals surface area contributed by atoms with E-state index in [1.165, 1.54) is 19.0 Å². The molecule has 0 spiro atoms. The van der Waals surface area contributed by atoms with E-state index in [-0.39, 0.29) is 11.5 Å². The molecule has 10 heteroatoms. The first-order valence-corrected chi connectivity index (χ1v) is 14.5. The van der Waals surface area contributed by atoms with Crippen molar-refractivity contribution in [2.45, 2.75) is 69.9 Å². The number of aliphatic hydroxyl groups is 1. The molecular formula is C25H41N3O6Si. The Morgan fingerprint density at radius 3 is 2.17 bits per heavy atom. The number of carbonyl (C=O) groups is 3. The molecule has 1 aromatic carbocycles. The van der Waals surface area contributed by atoms with Crippen LogP contribution in [-0.4, -0.2) is 79.7 Å². The van der Waals surface area contributed by atoms with Gasteiger partial charge in [0.25, 0.3) is 0 Å². The van der Waals surface area contributed by atoms with Crippen molar-refractivity contribution in [2.75, 3.05) is 20.7 Å². The van der Waals surface area contributed by atoms with Crippen LogP contribution in [0.4, 0.5) is 9.59 Å². The number of carbonyl (C=O) groups excluding carboxylic acids is 2. The molecule has 0 heterocycles. The summed E-state index contributed by atoms with van der Waals surface area (Å²) in [7, 11) is 0.570. The smallest absolute Gasteiger partial charge is 0.405 e. The number of rotatable bonds is 11. The number of carboxylic acid groups (broad SMARTS) is 1. The van der Waals surface area contributed by atoms with Gasteiger partial charge in [0, 0.05) is 20.5 Å². The number of urea groups is 1. The Morgan fingerprint density at radius 2 is 1.71 bits per heavy atom. The first-order chi connectivity index (χ1) is 16.1. The van der Waals surface area contributed by atoms with Crippen LogP contribution in [0.2, 0.25) is 18.1 Å². The minimum Gasteiger partial charge on any atom is -0.465 e. The fourth-order valence-corrected chi connectivity index (χ4v) is 4.85. The monoisotopic (exact) mass is 507 g/mol. The number of Topliss-reactive ketones (excluding diaryl/α,β-unsaturated/α-hetero) is 1. The molecule has 0 bridgehead atoms. The van der Waals surface area contributed by atoms with Gasteiger partial charge in [0.05, 0.1) is 18.8 Å². The van der Waals surface area contributed by atoms with Crippen molar-refractivity contribution in [2.24, 2.45) is 0 Å². The summed E-state index contributed by atoms with van der Waals surface area (Å²) in [5.74, 6) is -0.544. The topological polar surface area (TPSA) is 128 Å². The maximum atomic E-state index is 13.7. The molecular weight excluding hydrogens is 466 g/mol. The Hall–Kier alpha value is -2.69. The first-order valence-electron chi connectivity index (χ1n) is 11.6. The van der Waals surface area contributed by atoms with E-state index < -0.39 is 50.5 Å². The van der Waals surface area contributed by atoms with Crippen molar-refractivity contribution in [3.8, 4) is 0 Å². The molecule has 1 rings (SSSR count). The molecule has 9 nitrogen and oxygen atoms in total. The second kappa shape index (κ2) is 12.3. The second-order valence-corrected chi connectivity index (χ2v) is 15.1. The van der Waals surface area contributed by atoms with E-state index in [1.807, 2.05) is 64.2 Å². The van der Waals surface area contributed by atoms with Crippen LogP contribution in [0.3, 0.4) is 0 Å². The quantitative estimate of drug-likeness (QED) is 0.338. The summed E-state index contributed by atoms with van der Waals surface area (Å²) in [4.78, 5) is 39.8. The Morgan fingerprint density at radius 1 is 1.14 bits per heavy atom. The molecule has 4 N–H and O–H groups in total. The molecule has 0 unspecified atom stereocenters. The van der Waals surface area contributed by atoms with Crippen molar-refractivity contribution >= 4 is 32.3 Å². The predicted molar refractivity (Wildman–Crippen MR) is 140 cm³/mol. The van der Waals surface area contributed by atoms with Crippen molar-refractivity contribution in [3.63, 3.8) is 0 Å². The zero-order valence-corrected chi connectivity index (χ0v) is 23.1. The van der Waals surface area contributed by atoms with Gasteiger partial charge >= 0.3 is 12.1 Å². The second-order valence-electron chi connectivity index (χ2n) is 10.3. The number of hydrogen-bond acceptors (Lipinski definition) is 5. The molecule has 35 heavy (non-hydrogen) atoms. The van der Waals surface area contributed by atoms with Crippen LogP contribution >= 0.6 is 0 Å². The Bertz CT molecular complexity index is 898. The highest BCUT2D eigenvalue weighted by molar-refractivity contribution is 6.74. The number of amides is 3. The number of hydrogen-bond donors (Lipinski definition) is 4. The fourth-order valence-electron chi connectivity index (χ4n) is 3.43. The van der Waals surface area contributed by atoms with Gasteiger partial charge in [-0.3, -0.25) is 4.79 Å². The average Bonchev–Trinajstić information content (AvgIpc) is 2.74. The van der Waals surface area contributed by atoms with E-state index in [2.05, 4.69) is 10.6 Å². The molecule has 3 atom stereocenters. The maximum absolute atomic E-state index is 13.7. The van der Waals surface area contributed by atoms with Gasteiger partial charge in [-0.15, -0.1) is 0 Å². The molecule has 0 saturated heterocycles. The minimum atomic E-state index is -2.48. The lowest BCUT2D eigenvalue weighted by Crippen LogP contribution is -2.73. The highest BCUT2D eigenvalue weighted by Crippen LogP contribution is 2.39.